The molecule has 1 aromatic heterocycles. The summed E-state index contributed by atoms with van der Waals surface area (Å²) in [7, 11) is 0. The van der Waals surface area contributed by atoms with Crippen LogP contribution in [0.15, 0.2) is 22.8 Å². The van der Waals surface area contributed by atoms with Crippen molar-refractivity contribution in [1.29, 1.82) is 0 Å². The summed E-state index contributed by atoms with van der Waals surface area (Å²) in [4.78, 5) is 10.5. The number of aryl methyl sites for hydroxylation is 1. The second kappa shape index (κ2) is 3.01. The maximum Gasteiger partial charge on any atom is 0.222 e. The summed E-state index contributed by atoms with van der Waals surface area (Å²) in [6.07, 6.45) is 4.26. The van der Waals surface area contributed by atoms with E-state index in [1.54, 1.807) is 6.26 Å². The molecular weight excluding hydrogens is 154 g/mol. The van der Waals surface area contributed by atoms with Crippen LogP contribution < -0.4 is 5.32 Å². The Hall–Kier alpha value is -1.25. The molecule has 64 valence electrons. The molecule has 1 atom stereocenters. The van der Waals surface area contributed by atoms with Crippen molar-refractivity contribution in [2.24, 2.45) is 0 Å². The number of rotatable bonds is 3. The van der Waals surface area contributed by atoms with Gasteiger partial charge in [-0.3, -0.25) is 4.79 Å². The Kier molecular flexibility index (Phi) is 1.86. The minimum atomic E-state index is 0.166. The van der Waals surface area contributed by atoms with Crippen LogP contribution in [-0.2, 0) is 11.2 Å². The number of amides is 1. The van der Waals surface area contributed by atoms with E-state index < -0.39 is 0 Å². The van der Waals surface area contributed by atoms with E-state index in [9.17, 15) is 4.79 Å². The monoisotopic (exact) mass is 165 g/mol. The number of hydrogen-bond acceptors (Lipinski definition) is 2. The van der Waals surface area contributed by atoms with Crippen molar-refractivity contribution in [3.05, 3.63) is 24.2 Å². The molecule has 0 spiro atoms. The summed E-state index contributed by atoms with van der Waals surface area (Å²) in [6.45, 7) is 0. The highest BCUT2D eigenvalue weighted by atomic mass is 16.3. The molecule has 1 unspecified atom stereocenters. The van der Waals surface area contributed by atoms with Gasteiger partial charge >= 0.3 is 0 Å². The Morgan fingerprint density at radius 2 is 2.50 bits per heavy atom. The lowest BCUT2D eigenvalue weighted by Gasteiger charge is -2.26. The minimum Gasteiger partial charge on any atom is -0.469 e. The number of furan rings is 1. The molecule has 1 fully saturated rings. The predicted octanol–water partition coefficient (Wildman–Crippen LogP) is 1.10. The molecule has 3 nitrogen and oxygen atoms in total. The van der Waals surface area contributed by atoms with Gasteiger partial charge in [0.05, 0.1) is 6.26 Å². The van der Waals surface area contributed by atoms with Crippen LogP contribution in [0.2, 0.25) is 0 Å². The summed E-state index contributed by atoms with van der Waals surface area (Å²) in [5, 5.41) is 2.82. The Morgan fingerprint density at radius 3 is 3.08 bits per heavy atom. The van der Waals surface area contributed by atoms with E-state index in [0.717, 1.165) is 18.6 Å². The van der Waals surface area contributed by atoms with Gasteiger partial charge in [0.25, 0.3) is 0 Å². The molecule has 2 rings (SSSR count). The normalized spacial score (nSPS) is 21.7. The van der Waals surface area contributed by atoms with Crippen molar-refractivity contribution in [3.8, 4) is 0 Å². The van der Waals surface area contributed by atoms with E-state index in [1.165, 1.54) is 0 Å². The predicted molar refractivity (Wildman–Crippen MR) is 43.6 cm³/mol. The fourth-order valence-corrected chi connectivity index (χ4v) is 1.38. The first-order valence-corrected chi connectivity index (χ1v) is 4.16. The van der Waals surface area contributed by atoms with Crippen LogP contribution in [0.25, 0.3) is 0 Å². The van der Waals surface area contributed by atoms with E-state index in [0.29, 0.717) is 12.5 Å². The molecule has 1 amide bonds. The van der Waals surface area contributed by atoms with Gasteiger partial charge in [-0.2, -0.15) is 0 Å². The molecule has 12 heavy (non-hydrogen) atoms. The highest BCUT2D eigenvalue weighted by Gasteiger charge is 2.24. The zero-order valence-electron chi connectivity index (χ0n) is 6.75. The third-order valence-corrected chi connectivity index (χ3v) is 2.12. The first-order valence-electron chi connectivity index (χ1n) is 4.16. The van der Waals surface area contributed by atoms with E-state index in [1.807, 2.05) is 12.1 Å². The molecule has 0 radical (unpaired) electrons. The van der Waals surface area contributed by atoms with Gasteiger partial charge in [0.2, 0.25) is 5.91 Å². The zero-order valence-corrected chi connectivity index (χ0v) is 6.75. The largest absolute Gasteiger partial charge is 0.469 e. The molecule has 0 aliphatic carbocycles. The van der Waals surface area contributed by atoms with Crippen molar-refractivity contribution in [2.75, 3.05) is 0 Å². The van der Waals surface area contributed by atoms with Crippen molar-refractivity contribution in [2.45, 2.75) is 25.3 Å². The van der Waals surface area contributed by atoms with Crippen molar-refractivity contribution in [3.63, 3.8) is 0 Å². The van der Waals surface area contributed by atoms with Crippen LogP contribution in [0, 0.1) is 0 Å². The highest BCUT2D eigenvalue weighted by molar-refractivity contribution is 5.82. The number of hydrogen-bond donors (Lipinski definition) is 1. The Balaban J connectivity index is 1.73. The first kappa shape index (κ1) is 7.40. The van der Waals surface area contributed by atoms with Gasteiger partial charge in [0.15, 0.2) is 0 Å². The first-order chi connectivity index (χ1) is 5.84. The molecular formula is C9H11NO2. The van der Waals surface area contributed by atoms with Crippen molar-refractivity contribution >= 4 is 5.91 Å². The summed E-state index contributed by atoms with van der Waals surface area (Å²) in [5.41, 5.74) is 0. The van der Waals surface area contributed by atoms with Gasteiger partial charge in [-0.05, 0) is 18.6 Å². The third-order valence-electron chi connectivity index (χ3n) is 2.12. The molecule has 3 heteroatoms. The maximum absolute atomic E-state index is 10.5. The fraction of sp³-hybridized carbons (Fsp3) is 0.444. The molecule has 1 aromatic rings. The van der Waals surface area contributed by atoms with E-state index in [2.05, 4.69) is 5.32 Å². The average molecular weight is 165 g/mol. The van der Waals surface area contributed by atoms with E-state index in [-0.39, 0.29) is 5.91 Å². The summed E-state index contributed by atoms with van der Waals surface area (Å²) >= 11 is 0. The van der Waals surface area contributed by atoms with Gasteiger partial charge in [0.1, 0.15) is 5.76 Å². The Labute approximate surface area is 70.8 Å². The number of carbonyl (C=O) groups is 1. The van der Waals surface area contributed by atoms with Crippen molar-refractivity contribution < 1.29 is 9.21 Å². The minimum absolute atomic E-state index is 0.166. The van der Waals surface area contributed by atoms with Gasteiger partial charge in [-0.25, -0.2) is 0 Å². The summed E-state index contributed by atoms with van der Waals surface area (Å²) in [6, 6.07) is 4.22. The summed E-state index contributed by atoms with van der Waals surface area (Å²) < 4.78 is 5.17. The van der Waals surface area contributed by atoms with Gasteiger partial charge in [-0.1, -0.05) is 0 Å². The fourth-order valence-electron chi connectivity index (χ4n) is 1.38. The van der Waals surface area contributed by atoms with Crippen LogP contribution in [0.1, 0.15) is 18.6 Å². The van der Waals surface area contributed by atoms with Crippen molar-refractivity contribution in [1.82, 2.24) is 5.32 Å². The number of nitrogens with one attached hydrogen (secondary N) is 1. The third kappa shape index (κ3) is 1.49. The van der Waals surface area contributed by atoms with Crippen LogP contribution >= 0.6 is 0 Å². The molecule has 1 aliphatic heterocycles. The van der Waals surface area contributed by atoms with Crippen LogP contribution in [0.3, 0.4) is 0 Å². The molecule has 1 saturated heterocycles. The smallest absolute Gasteiger partial charge is 0.222 e. The maximum atomic E-state index is 10.5. The Morgan fingerprint density at radius 1 is 1.67 bits per heavy atom. The average Bonchev–Trinajstić information content (AvgIpc) is 2.47. The SMILES string of the molecule is O=C1CC(CCc2ccco2)N1. The van der Waals surface area contributed by atoms with Crippen LogP contribution in [0.4, 0.5) is 0 Å². The molecule has 0 bridgehead atoms. The van der Waals surface area contributed by atoms with E-state index >= 15 is 0 Å². The second-order valence-electron chi connectivity index (χ2n) is 3.09. The molecule has 2 heterocycles. The van der Waals surface area contributed by atoms with Crippen LogP contribution in [0.5, 0.6) is 0 Å². The lowest BCUT2D eigenvalue weighted by molar-refractivity contribution is -0.128. The highest BCUT2D eigenvalue weighted by Crippen LogP contribution is 2.12. The number of carbonyl (C=O) groups excluding carboxylic acids is 1. The molecule has 0 aromatic carbocycles. The van der Waals surface area contributed by atoms with E-state index in [4.69, 9.17) is 4.42 Å². The lowest BCUT2D eigenvalue weighted by Crippen LogP contribution is -2.48. The second-order valence-corrected chi connectivity index (χ2v) is 3.09. The summed E-state index contributed by atoms with van der Waals surface area (Å²) in [5.74, 6) is 1.16. The lowest BCUT2D eigenvalue weighted by atomic mass is 10.0. The zero-order chi connectivity index (χ0) is 8.39. The van der Waals surface area contributed by atoms with Crippen LogP contribution in [-0.4, -0.2) is 11.9 Å². The molecule has 1 N–H and O–H groups in total. The quantitative estimate of drug-likeness (QED) is 0.681. The molecule has 0 saturated carbocycles. The Bertz CT molecular complexity index is 258. The standard InChI is InChI=1S/C9H11NO2/c11-9-6-7(10-9)3-4-8-2-1-5-12-8/h1-2,5,7H,3-4,6H2,(H,10,11). The number of β-lactam (4-membered cyclic amide) rings is 1. The van der Waals surface area contributed by atoms with Gasteiger partial charge < -0.3 is 9.73 Å². The topological polar surface area (TPSA) is 42.2 Å². The van der Waals surface area contributed by atoms with Gasteiger partial charge in [-0.15, -0.1) is 0 Å². The van der Waals surface area contributed by atoms with Gasteiger partial charge in [0, 0.05) is 18.9 Å². The molecule has 1 aliphatic rings.